The number of nitrogens with two attached hydrogens (primary N) is 1. The van der Waals surface area contributed by atoms with Gasteiger partial charge in [-0.1, -0.05) is 0 Å². The Labute approximate surface area is 91.4 Å². The van der Waals surface area contributed by atoms with E-state index in [9.17, 15) is 4.79 Å². The topological polar surface area (TPSA) is 78.1 Å². The van der Waals surface area contributed by atoms with Crippen molar-refractivity contribution in [1.82, 2.24) is 9.97 Å². The van der Waals surface area contributed by atoms with Crippen molar-refractivity contribution >= 4 is 23.5 Å². The van der Waals surface area contributed by atoms with Crippen LogP contribution in [0.25, 0.3) is 0 Å². The van der Waals surface area contributed by atoms with Gasteiger partial charge in [0.15, 0.2) is 0 Å². The van der Waals surface area contributed by atoms with Crippen molar-refractivity contribution in [3.63, 3.8) is 0 Å². The summed E-state index contributed by atoms with van der Waals surface area (Å²) in [5, 5.41) is 0.904. The smallest absolute Gasteiger partial charge is 0.313 e. The summed E-state index contributed by atoms with van der Waals surface area (Å²) in [4.78, 5) is 19.4. The van der Waals surface area contributed by atoms with Crippen LogP contribution in [0.4, 0.5) is 5.82 Å². The molecule has 1 aromatic rings. The zero-order valence-electron chi connectivity index (χ0n) is 8.32. The summed E-state index contributed by atoms with van der Waals surface area (Å²) >= 11 is 1.65. The maximum atomic E-state index is 11.0. The number of thioether (sulfide) groups is 1. The molecule has 0 radical (unpaired) electrons. The first-order valence-electron chi connectivity index (χ1n) is 4.55. The van der Waals surface area contributed by atoms with E-state index < -0.39 is 0 Å². The fourth-order valence-corrected chi connectivity index (χ4v) is 2.46. The van der Waals surface area contributed by atoms with E-state index in [1.807, 2.05) is 0 Å². The molecule has 0 amide bonds. The third-order valence-corrected chi connectivity index (χ3v) is 3.19. The third-order valence-electron chi connectivity index (χ3n) is 2.17. The quantitative estimate of drug-likeness (QED) is 0.580. The monoisotopic (exact) mass is 225 g/mol. The summed E-state index contributed by atoms with van der Waals surface area (Å²) in [7, 11) is 1.34. The van der Waals surface area contributed by atoms with Crippen molar-refractivity contribution in [3.8, 4) is 0 Å². The van der Waals surface area contributed by atoms with Crippen LogP contribution >= 0.6 is 11.8 Å². The largest absolute Gasteiger partial charge is 0.469 e. The first kappa shape index (κ1) is 10.2. The molecule has 0 atom stereocenters. The molecule has 0 saturated heterocycles. The molecule has 15 heavy (non-hydrogen) atoms. The molecule has 0 fully saturated rings. The second kappa shape index (κ2) is 4.06. The van der Waals surface area contributed by atoms with E-state index in [0.717, 1.165) is 22.8 Å². The normalized spacial score (nSPS) is 13.7. The summed E-state index contributed by atoms with van der Waals surface area (Å²) in [6.07, 6.45) is 0.985. The zero-order valence-corrected chi connectivity index (χ0v) is 9.13. The van der Waals surface area contributed by atoms with Gasteiger partial charge in [-0.15, -0.1) is 11.8 Å². The van der Waals surface area contributed by atoms with Gasteiger partial charge in [0.2, 0.25) is 0 Å². The van der Waals surface area contributed by atoms with Gasteiger partial charge in [0, 0.05) is 11.3 Å². The van der Waals surface area contributed by atoms with Crippen LogP contribution in [-0.4, -0.2) is 28.8 Å². The SMILES string of the molecule is COC(=O)Cc1nc(N)c2c(n1)SCC2. The molecule has 1 aliphatic rings. The molecule has 80 valence electrons. The average molecular weight is 225 g/mol. The lowest BCUT2D eigenvalue weighted by Crippen LogP contribution is -2.10. The van der Waals surface area contributed by atoms with Crippen LogP contribution in [0.5, 0.6) is 0 Å². The van der Waals surface area contributed by atoms with Gasteiger partial charge in [-0.25, -0.2) is 9.97 Å². The summed E-state index contributed by atoms with van der Waals surface area (Å²) in [5.74, 6) is 1.56. The number of anilines is 1. The second-order valence-electron chi connectivity index (χ2n) is 3.16. The predicted octanol–water partition coefficient (Wildman–Crippen LogP) is 0.422. The first-order chi connectivity index (χ1) is 7.20. The molecular formula is C9H11N3O2S. The predicted molar refractivity (Wildman–Crippen MR) is 56.6 cm³/mol. The molecule has 1 aliphatic heterocycles. The number of nitrogen functional groups attached to an aromatic ring is 1. The Hall–Kier alpha value is -1.30. The number of rotatable bonds is 2. The fourth-order valence-electron chi connectivity index (χ4n) is 1.41. The minimum absolute atomic E-state index is 0.0779. The van der Waals surface area contributed by atoms with Crippen LogP contribution in [0.3, 0.4) is 0 Å². The molecule has 0 saturated carbocycles. The van der Waals surface area contributed by atoms with Gasteiger partial charge < -0.3 is 10.5 Å². The molecule has 1 aromatic heterocycles. The molecule has 0 unspecified atom stereocenters. The minimum Gasteiger partial charge on any atom is -0.469 e. The Balaban J connectivity index is 2.27. The van der Waals surface area contributed by atoms with E-state index >= 15 is 0 Å². The van der Waals surface area contributed by atoms with Crippen LogP contribution in [0.1, 0.15) is 11.4 Å². The molecular weight excluding hydrogens is 214 g/mol. The van der Waals surface area contributed by atoms with Gasteiger partial charge in [0.05, 0.1) is 7.11 Å². The van der Waals surface area contributed by atoms with Gasteiger partial charge in [0.1, 0.15) is 23.1 Å². The standard InChI is InChI=1S/C9H11N3O2S/c1-14-7(13)4-6-11-8(10)5-2-3-15-9(5)12-6/h2-4H2,1H3,(H2,10,11,12). The molecule has 2 N–H and O–H groups in total. The molecule has 6 heteroatoms. The van der Waals surface area contributed by atoms with Gasteiger partial charge in [-0.3, -0.25) is 4.79 Å². The van der Waals surface area contributed by atoms with Crippen molar-refractivity contribution < 1.29 is 9.53 Å². The molecule has 0 aromatic carbocycles. The van der Waals surface area contributed by atoms with Gasteiger partial charge in [0.25, 0.3) is 0 Å². The Morgan fingerprint density at radius 1 is 1.60 bits per heavy atom. The van der Waals surface area contributed by atoms with Crippen molar-refractivity contribution in [2.45, 2.75) is 17.9 Å². The highest BCUT2D eigenvalue weighted by Crippen LogP contribution is 2.32. The highest BCUT2D eigenvalue weighted by atomic mass is 32.2. The first-order valence-corrected chi connectivity index (χ1v) is 5.54. The molecule has 2 heterocycles. The van der Waals surface area contributed by atoms with Gasteiger partial charge in [-0.05, 0) is 6.42 Å². The van der Waals surface area contributed by atoms with Crippen molar-refractivity contribution in [2.75, 3.05) is 18.6 Å². The van der Waals surface area contributed by atoms with Gasteiger partial charge in [-0.2, -0.15) is 0 Å². The van der Waals surface area contributed by atoms with Crippen LogP contribution < -0.4 is 5.73 Å². The Bertz CT molecular complexity index is 409. The van der Waals surface area contributed by atoms with E-state index in [4.69, 9.17) is 5.73 Å². The van der Waals surface area contributed by atoms with Crippen LogP contribution in [-0.2, 0) is 22.4 Å². The Kier molecular flexibility index (Phi) is 2.77. The lowest BCUT2D eigenvalue weighted by Gasteiger charge is -2.04. The van der Waals surface area contributed by atoms with Crippen molar-refractivity contribution in [2.24, 2.45) is 0 Å². The third kappa shape index (κ3) is 2.04. The number of hydrogen-bond acceptors (Lipinski definition) is 6. The number of ether oxygens (including phenoxy) is 1. The van der Waals surface area contributed by atoms with Crippen molar-refractivity contribution in [1.29, 1.82) is 0 Å². The number of hydrogen-bond donors (Lipinski definition) is 1. The molecule has 0 aliphatic carbocycles. The lowest BCUT2D eigenvalue weighted by atomic mass is 10.2. The van der Waals surface area contributed by atoms with Crippen LogP contribution in [0.15, 0.2) is 5.03 Å². The fraction of sp³-hybridized carbons (Fsp3) is 0.444. The number of nitrogens with zero attached hydrogens (tertiary/aromatic N) is 2. The number of fused-ring (bicyclic) bond motifs is 1. The Morgan fingerprint density at radius 3 is 3.13 bits per heavy atom. The zero-order chi connectivity index (χ0) is 10.8. The van der Waals surface area contributed by atoms with E-state index in [0.29, 0.717) is 11.6 Å². The average Bonchev–Trinajstić information content (AvgIpc) is 2.66. The van der Waals surface area contributed by atoms with Crippen LogP contribution in [0.2, 0.25) is 0 Å². The summed E-state index contributed by atoms with van der Waals surface area (Å²) in [6.45, 7) is 0. The number of carbonyl (C=O) groups excluding carboxylic acids is 1. The summed E-state index contributed by atoms with van der Waals surface area (Å²) in [5.41, 5.74) is 6.78. The molecule has 5 nitrogen and oxygen atoms in total. The maximum Gasteiger partial charge on any atom is 0.313 e. The minimum atomic E-state index is -0.350. The molecule has 2 rings (SSSR count). The van der Waals surface area contributed by atoms with Gasteiger partial charge >= 0.3 is 5.97 Å². The number of aromatic nitrogens is 2. The van der Waals surface area contributed by atoms with E-state index in [2.05, 4.69) is 14.7 Å². The van der Waals surface area contributed by atoms with Crippen molar-refractivity contribution in [3.05, 3.63) is 11.4 Å². The highest BCUT2D eigenvalue weighted by Gasteiger charge is 2.19. The van der Waals surface area contributed by atoms with E-state index in [-0.39, 0.29) is 12.4 Å². The number of esters is 1. The van der Waals surface area contributed by atoms with Crippen LogP contribution in [0, 0.1) is 0 Å². The van der Waals surface area contributed by atoms with E-state index in [1.165, 1.54) is 7.11 Å². The second-order valence-corrected chi connectivity index (χ2v) is 4.24. The summed E-state index contributed by atoms with van der Waals surface area (Å²) in [6, 6.07) is 0. The molecule has 0 spiro atoms. The number of methoxy groups -OCH3 is 1. The molecule has 0 bridgehead atoms. The lowest BCUT2D eigenvalue weighted by molar-refractivity contribution is -0.139. The Morgan fingerprint density at radius 2 is 2.40 bits per heavy atom. The van der Waals surface area contributed by atoms with E-state index in [1.54, 1.807) is 11.8 Å². The number of carbonyl (C=O) groups is 1. The summed E-state index contributed by atoms with van der Waals surface area (Å²) < 4.78 is 4.55. The maximum absolute atomic E-state index is 11.0. The highest BCUT2D eigenvalue weighted by molar-refractivity contribution is 7.99.